The van der Waals surface area contributed by atoms with E-state index >= 15 is 0 Å². The molecule has 0 bridgehead atoms. The van der Waals surface area contributed by atoms with Gasteiger partial charge in [-0.1, -0.05) is 39.0 Å². The maximum absolute atomic E-state index is 11.9. The lowest BCUT2D eigenvalue weighted by atomic mass is 9.46. The lowest BCUT2D eigenvalue weighted by Crippen LogP contribution is -2.61. The SMILES string of the molecule is C=C1CC[C@@H]2[C@]3(C)CO[C@@H](CC)O[C@@H]3CC[C@@]2(C)[C@@H]1C/C=C1/C(=O)OC[C@H]1O. The predicted octanol–water partition coefficient (Wildman–Crippen LogP) is 3.76. The highest BCUT2D eigenvalue weighted by atomic mass is 16.7. The summed E-state index contributed by atoms with van der Waals surface area (Å²) in [4.78, 5) is 11.9. The van der Waals surface area contributed by atoms with E-state index in [2.05, 4.69) is 27.4 Å². The quantitative estimate of drug-likeness (QED) is 0.452. The van der Waals surface area contributed by atoms with Gasteiger partial charge in [0.2, 0.25) is 0 Å². The Morgan fingerprint density at radius 3 is 2.75 bits per heavy atom. The summed E-state index contributed by atoms with van der Waals surface area (Å²) in [6, 6.07) is 0. The average Bonchev–Trinajstić information content (AvgIpc) is 2.98. The van der Waals surface area contributed by atoms with Crippen molar-refractivity contribution in [3.05, 3.63) is 23.8 Å². The van der Waals surface area contributed by atoms with Crippen molar-refractivity contribution in [2.45, 2.75) is 77.8 Å². The molecule has 2 aliphatic heterocycles. The molecule has 4 fully saturated rings. The number of allylic oxidation sites excluding steroid dienone is 2. The van der Waals surface area contributed by atoms with Gasteiger partial charge in [0.25, 0.3) is 0 Å². The van der Waals surface area contributed by atoms with Gasteiger partial charge in [0, 0.05) is 5.41 Å². The average molecular weight is 391 g/mol. The second kappa shape index (κ2) is 7.26. The van der Waals surface area contributed by atoms with Gasteiger partial charge in [-0.25, -0.2) is 4.79 Å². The van der Waals surface area contributed by atoms with Crippen LogP contribution in [-0.4, -0.2) is 42.8 Å². The Bertz CT molecular complexity index is 684. The van der Waals surface area contributed by atoms with Gasteiger partial charge in [0.05, 0.1) is 18.3 Å². The first-order chi connectivity index (χ1) is 13.3. The summed E-state index contributed by atoms with van der Waals surface area (Å²) >= 11 is 0. The summed E-state index contributed by atoms with van der Waals surface area (Å²) in [6.45, 7) is 12.1. The van der Waals surface area contributed by atoms with E-state index in [1.165, 1.54) is 5.57 Å². The molecule has 0 spiro atoms. The summed E-state index contributed by atoms with van der Waals surface area (Å²) < 4.78 is 17.4. The highest BCUT2D eigenvalue weighted by Gasteiger charge is 2.59. The fraction of sp³-hybridized carbons (Fsp3) is 0.783. The highest BCUT2D eigenvalue weighted by Crippen LogP contribution is 2.63. The summed E-state index contributed by atoms with van der Waals surface area (Å²) in [5, 5.41) is 10.0. The summed E-state index contributed by atoms with van der Waals surface area (Å²) in [5.74, 6) is 0.401. The second-order valence-corrected chi connectivity index (χ2v) is 9.64. The van der Waals surface area contributed by atoms with Gasteiger partial charge in [0.15, 0.2) is 6.29 Å². The number of aliphatic hydroxyl groups is 1. The number of carbonyl (C=O) groups excluding carboxylic acids is 1. The van der Waals surface area contributed by atoms with Gasteiger partial charge in [0.1, 0.15) is 12.7 Å². The van der Waals surface area contributed by atoms with E-state index in [1.54, 1.807) is 0 Å². The molecule has 7 atom stereocenters. The largest absolute Gasteiger partial charge is 0.459 e. The zero-order valence-electron chi connectivity index (χ0n) is 17.4. The van der Waals surface area contributed by atoms with E-state index < -0.39 is 6.10 Å². The van der Waals surface area contributed by atoms with Crippen LogP contribution in [0.5, 0.6) is 0 Å². The van der Waals surface area contributed by atoms with Gasteiger partial charge >= 0.3 is 5.97 Å². The van der Waals surface area contributed by atoms with Crippen molar-refractivity contribution in [1.82, 2.24) is 0 Å². The fourth-order valence-electron chi connectivity index (χ4n) is 6.46. The van der Waals surface area contributed by atoms with E-state index in [0.717, 1.165) is 45.1 Å². The van der Waals surface area contributed by atoms with Gasteiger partial charge in [-0.05, 0) is 55.8 Å². The Kier molecular flexibility index (Phi) is 5.22. The van der Waals surface area contributed by atoms with E-state index in [4.69, 9.17) is 14.2 Å². The van der Waals surface area contributed by atoms with Crippen LogP contribution < -0.4 is 0 Å². The van der Waals surface area contributed by atoms with Gasteiger partial charge < -0.3 is 19.3 Å². The van der Waals surface area contributed by atoms with Crippen molar-refractivity contribution in [2.75, 3.05) is 13.2 Å². The van der Waals surface area contributed by atoms with Crippen LogP contribution in [0.3, 0.4) is 0 Å². The van der Waals surface area contributed by atoms with Crippen LogP contribution in [0.25, 0.3) is 0 Å². The minimum absolute atomic E-state index is 0.0105. The minimum atomic E-state index is -0.799. The first-order valence-corrected chi connectivity index (χ1v) is 10.8. The van der Waals surface area contributed by atoms with Crippen molar-refractivity contribution in [3.8, 4) is 0 Å². The fourth-order valence-corrected chi connectivity index (χ4v) is 6.46. The molecule has 0 unspecified atom stereocenters. The molecule has 0 amide bonds. The molecule has 0 radical (unpaired) electrons. The highest BCUT2D eigenvalue weighted by molar-refractivity contribution is 5.91. The van der Waals surface area contributed by atoms with E-state index in [9.17, 15) is 9.90 Å². The number of aliphatic hydroxyl groups excluding tert-OH is 1. The van der Waals surface area contributed by atoms with Crippen LogP contribution in [-0.2, 0) is 19.0 Å². The maximum atomic E-state index is 11.9. The number of carbonyl (C=O) groups is 1. The lowest BCUT2D eigenvalue weighted by molar-refractivity contribution is -0.303. The molecule has 2 saturated heterocycles. The molecule has 4 rings (SSSR count). The number of rotatable bonds is 3. The summed E-state index contributed by atoms with van der Waals surface area (Å²) in [6.07, 6.45) is 7.14. The molecule has 2 aliphatic carbocycles. The molecule has 0 aromatic heterocycles. The zero-order valence-corrected chi connectivity index (χ0v) is 17.4. The van der Waals surface area contributed by atoms with E-state index in [0.29, 0.717) is 17.4 Å². The van der Waals surface area contributed by atoms with Crippen LogP contribution >= 0.6 is 0 Å². The monoisotopic (exact) mass is 390 g/mol. The second-order valence-electron chi connectivity index (χ2n) is 9.64. The zero-order chi connectivity index (χ0) is 20.1. The Balaban J connectivity index is 1.59. The molecule has 28 heavy (non-hydrogen) atoms. The molecule has 2 saturated carbocycles. The molecule has 5 nitrogen and oxygen atoms in total. The Hall–Kier alpha value is -1.17. The minimum Gasteiger partial charge on any atom is -0.459 e. The number of hydrogen-bond acceptors (Lipinski definition) is 5. The van der Waals surface area contributed by atoms with Crippen molar-refractivity contribution < 1.29 is 24.1 Å². The Labute approximate surface area is 168 Å². The first-order valence-electron chi connectivity index (χ1n) is 10.8. The van der Waals surface area contributed by atoms with Crippen LogP contribution in [0.2, 0.25) is 0 Å². The molecular formula is C23H34O5. The Morgan fingerprint density at radius 1 is 1.29 bits per heavy atom. The molecule has 0 aromatic rings. The number of ether oxygens (including phenoxy) is 3. The van der Waals surface area contributed by atoms with Crippen molar-refractivity contribution >= 4 is 5.97 Å². The van der Waals surface area contributed by atoms with Crippen LogP contribution in [0.1, 0.15) is 59.3 Å². The third kappa shape index (κ3) is 3.06. The molecule has 5 heteroatoms. The van der Waals surface area contributed by atoms with Gasteiger partial charge in [-0.3, -0.25) is 0 Å². The normalized spacial score (nSPS) is 47.6. The topological polar surface area (TPSA) is 65.0 Å². The van der Waals surface area contributed by atoms with Crippen LogP contribution in [0, 0.1) is 22.7 Å². The van der Waals surface area contributed by atoms with Crippen LogP contribution in [0.4, 0.5) is 0 Å². The van der Waals surface area contributed by atoms with E-state index in [-0.39, 0.29) is 35.8 Å². The van der Waals surface area contributed by atoms with Crippen LogP contribution in [0.15, 0.2) is 23.8 Å². The molecule has 1 N–H and O–H groups in total. The standard InChI is InChI=1S/C23H34O5/c1-5-20-27-13-23(4)18-9-6-14(2)16(22(18,3)11-10-19(23)28-20)8-7-15-17(24)12-26-21(15)25/h7,16-20,24H,2,5-6,8-13H2,1,3-4H3/b15-7+/t16-,17-,18+,19-,20-,22+,23+/m1/s1. The lowest BCUT2D eigenvalue weighted by Gasteiger charge is -2.62. The maximum Gasteiger partial charge on any atom is 0.336 e. The molecule has 0 aromatic carbocycles. The molecule has 2 heterocycles. The third-order valence-corrected chi connectivity index (χ3v) is 8.09. The van der Waals surface area contributed by atoms with Gasteiger partial charge in [-0.2, -0.15) is 0 Å². The number of cyclic esters (lactones) is 1. The van der Waals surface area contributed by atoms with Crippen molar-refractivity contribution in [1.29, 1.82) is 0 Å². The Morgan fingerprint density at radius 2 is 2.07 bits per heavy atom. The number of esters is 1. The molecular weight excluding hydrogens is 356 g/mol. The predicted molar refractivity (Wildman–Crippen MR) is 105 cm³/mol. The van der Waals surface area contributed by atoms with E-state index in [1.807, 2.05) is 6.08 Å². The molecule has 4 aliphatic rings. The first kappa shape index (κ1) is 20.1. The summed E-state index contributed by atoms with van der Waals surface area (Å²) in [7, 11) is 0. The van der Waals surface area contributed by atoms with Crippen molar-refractivity contribution in [3.63, 3.8) is 0 Å². The number of hydrogen-bond donors (Lipinski definition) is 1. The molecule has 156 valence electrons. The van der Waals surface area contributed by atoms with Gasteiger partial charge in [-0.15, -0.1) is 0 Å². The number of fused-ring (bicyclic) bond motifs is 3. The smallest absolute Gasteiger partial charge is 0.336 e. The third-order valence-electron chi connectivity index (χ3n) is 8.09. The van der Waals surface area contributed by atoms with Crippen molar-refractivity contribution in [2.24, 2.45) is 22.7 Å². The summed E-state index contributed by atoms with van der Waals surface area (Å²) in [5.41, 5.74) is 1.78.